The molecule has 4 heteroatoms. The number of nitrogens with zero attached hydrogens (tertiary/aromatic N) is 2. The Morgan fingerprint density at radius 1 is 1.00 bits per heavy atom. The fourth-order valence-corrected chi connectivity index (χ4v) is 3.07. The predicted molar refractivity (Wildman–Crippen MR) is 78.4 cm³/mol. The lowest BCUT2D eigenvalue weighted by Crippen LogP contribution is -2.13. The molecule has 0 bridgehead atoms. The quantitative estimate of drug-likeness (QED) is 0.662. The van der Waals surface area contributed by atoms with E-state index >= 15 is 0 Å². The minimum absolute atomic E-state index is 0.387. The lowest BCUT2D eigenvalue weighted by atomic mass is 10.1. The summed E-state index contributed by atoms with van der Waals surface area (Å²) in [6.45, 7) is 0. The van der Waals surface area contributed by atoms with Gasteiger partial charge in [0.25, 0.3) is 0 Å². The molecule has 0 saturated heterocycles. The van der Waals surface area contributed by atoms with Gasteiger partial charge in [-0.15, -0.1) is 0 Å². The second kappa shape index (κ2) is 4.56. The molecule has 0 amide bonds. The highest BCUT2D eigenvalue weighted by molar-refractivity contribution is 5.40. The molecule has 1 heterocycles. The summed E-state index contributed by atoms with van der Waals surface area (Å²) in [4.78, 5) is 9.38. The number of fused-ring (bicyclic) bond motifs is 1. The van der Waals surface area contributed by atoms with Gasteiger partial charge in [0.15, 0.2) is 0 Å². The molecule has 0 atom stereocenters. The zero-order chi connectivity index (χ0) is 13.5. The van der Waals surface area contributed by atoms with Crippen LogP contribution in [0, 0.1) is 0 Å². The molecule has 102 valence electrons. The number of rotatable bonds is 3. The van der Waals surface area contributed by atoms with Crippen LogP contribution < -0.4 is 11.3 Å². The molecule has 1 aromatic carbocycles. The molecular weight excluding hydrogens is 248 g/mol. The standard InChI is InChI=1S/C16H18N4/c17-20-15-9-14(10-5-6-10)18-16(19-15)13-7-11-3-1-2-4-12(11)8-13/h1-4,9-10,13H,5-8,17H2,(H,18,19,20). The van der Waals surface area contributed by atoms with Gasteiger partial charge in [-0.2, -0.15) is 0 Å². The highest BCUT2D eigenvalue weighted by atomic mass is 15.3. The van der Waals surface area contributed by atoms with Crippen LogP contribution in [0.4, 0.5) is 5.82 Å². The van der Waals surface area contributed by atoms with Crippen LogP contribution >= 0.6 is 0 Å². The van der Waals surface area contributed by atoms with E-state index < -0.39 is 0 Å². The van der Waals surface area contributed by atoms with E-state index in [2.05, 4.69) is 34.7 Å². The normalized spacial score (nSPS) is 18.1. The molecule has 0 radical (unpaired) electrons. The topological polar surface area (TPSA) is 63.8 Å². The maximum Gasteiger partial charge on any atom is 0.143 e. The third-order valence-electron chi connectivity index (χ3n) is 4.32. The summed E-state index contributed by atoms with van der Waals surface area (Å²) in [6.07, 6.45) is 4.55. The average molecular weight is 266 g/mol. The lowest BCUT2D eigenvalue weighted by molar-refractivity contribution is 0.675. The Labute approximate surface area is 118 Å². The predicted octanol–water partition coefficient (Wildman–Crippen LogP) is 2.52. The van der Waals surface area contributed by atoms with Crippen LogP contribution in [0.25, 0.3) is 0 Å². The number of nitrogens with one attached hydrogen (secondary N) is 1. The maximum atomic E-state index is 5.55. The van der Waals surface area contributed by atoms with Crippen LogP contribution in [-0.4, -0.2) is 9.97 Å². The van der Waals surface area contributed by atoms with Crippen molar-refractivity contribution in [3.63, 3.8) is 0 Å². The summed E-state index contributed by atoms with van der Waals surface area (Å²) in [5, 5.41) is 0. The molecule has 0 unspecified atom stereocenters. The molecule has 20 heavy (non-hydrogen) atoms. The van der Waals surface area contributed by atoms with Crippen molar-refractivity contribution in [2.24, 2.45) is 5.84 Å². The minimum Gasteiger partial charge on any atom is -0.308 e. The summed E-state index contributed by atoms with van der Waals surface area (Å²) < 4.78 is 0. The van der Waals surface area contributed by atoms with Crippen LogP contribution in [0.5, 0.6) is 0 Å². The molecule has 2 aliphatic carbocycles. The molecule has 1 fully saturated rings. The van der Waals surface area contributed by atoms with Crippen molar-refractivity contribution < 1.29 is 0 Å². The number of aromatic nitrogens is 2. The SMILES string of the molecule is NNc1cc(C2CC2)nc(C2Cc3ccccc3C2)n1. The fraction of sp³-hybridized carbons (Fsp3) is 0.375. The van der Waals surface area contributed by atoms with E-state index in [1.54, 1.807) is 0 Å². The Bertz CT molecular complexity index is 624. The molecule has 3 N–H and O–H groups in total. The first-order valence-corrected chi connectivity index (χ1v) is 7.26. The highest BCUT2D eigenvalue weighted by Crippen LogP contribution is 2.40. The van der Waals surface area contributed by atoms with Gasteiger partial charge in [0.2, 0.25) is 0 Å². The van der Waals surface area contributed by atoms with Gasteiger partial charge in [-0.25, -0.2) is 15.8 Å². The van der Waals surface area contributed by atoms with Gasteiger partial charge in [-0.3, -0.25) is 0 Å². The molecule has 2 aromatic rings. The summed E-state index contributed by atoms with van der Waals surface area (Å²) in [5.74, 6) is 8.24. The number of benzene rings is 1. The number of anilines is 1. The van der Waals surface area contributed by atoms with Crippen molar-refractivity contribution in [3.05, 3.63) is 53.0 Å². The molecule has 0 spiro atoms. The van der Waals surface area contributed by atoms with E-state index in [-0.39, 0.29) is 0 Å². The van der Waals surface area contributed by atoms with E-state index in [9.17, 15) is 0 Å². The Balaban J connectivity index is 1.67. The average Bonchev–Trinajstić information content (AvgIpc) is 3.25. The minimum atomic E-state index is 0.387. The molecule has 1 aromatic heterocycles. The Morgan fingerprint density at radius 3 is 2.30 bits per heavy atom. The Kier molecular flexibility index (Phi) is 2.70. The molecule has 4 nitrogen and oxygen atoms in total. The van der Waals surface area contributed by atoms with Gasteiger partial charge >= 0.3 is 0 Å². The van der Waals surface area contributed by atoms with E-state index in [0.29, 0.717) is 11.8 Å². The summed E-state index contributed by atoms with van der Waals surface area (Å²) in [7, 11) is 0. The second-order valence-electron chi connectivity index (χ2n) is 5.83. The molecular formula is C16H18N4. The van der Waals surface area contributed by atoms with Crippen molar-refractivity contribution in [1.29, 1.82) is 0 Å². The van der Waals surface area contributed by atoms with Crippen molar-refractivity contribution in [3.8, 4) is 0 Å². The van der Waals surface area contributed by atoms with Crippen LogP contribution in [0.1, 0.15) is 47.3 Å². The largest absolute Gasteiger partial charge is 0.308 e. The van der Waals surface area contributed by atoms with Crippen LogP contribution in [0.3, 0.4) is 0 Å². The number of hydrogen-bond acceptors (Lipinski definition) is 4. The first kappa shape index (κ1) is 11.9. The fourth-order valence-electron chi connectivity index (χ4n) is 3.07. The number of hydrazine groups is 1. The maximum absolute atomic E-state index is 5.55. The van der Waals surface area contributed by atoms with Crippen molar-refractivity contribution >= 4 is 5.82 Å². The van der Waals surface area contributed by atoms with Crippen LogP contribution in [0.2, 0.25) is 0 Å². The number of nitrogen functional groups attached to an aromatic ring is 1. The smallest absolute Gasteiger partial charge is 0.143 e. The van der Waals surface area contributed by atoms with Gasteiger partial charge in [0, 0.05) is 23.6 Å². The van der Waals surface area contributed by atoms with Gasteiger partial charge < -0.3 is 5.43 Å². The third kappa shape index (κ3) is 2.06. The monoisotopic (exact) mass is 266 g/mol. The first-order valence-electron chi connectivity index (χ1n) is 7.26. The third-order valence-corrected chi connectivity index (χ3v) is 4.32. The van der Waals surface area contributed by atoms with Crippen LogP contribution in [-0.2, 0) is 12.8 Å². The van der Waals surface area contributed by atoms with Crippen molar-refractivity contribution in [2.75, 3.05) is 5.43 Å². The van der Waals surface area contributed by atoms with E-state index in [0.717, 1.165) is 30.2 Å². The molecule has 0 aliphatic heterocycles. The second-order valence-corrected chi connectivity index (χ2v) is 5.83. The first-order chi connectivity index (χ1) is 9.83. The molecule has 4 rings (SSSR count). The Hall–Kier alpha value is -1.94. The number of hydrogen-bond donors (Lipinski definition) is 2. The molecule has 1 saturated carbocycles. The number of nitrogens with two attached hydrogens (primary N) is 1. The lowest BCUT2D eigenvalue weighted by Gasteiger charge is -2.11. The molecule has 2 aliphatic rings. The van der Waals surface area contributed by atoms with Gasteiger partial charge in [0.05, 0.1) is 0 Å². The summed E-state index contributed by atoms with van der Waals surface area (Å²) in [5.41, 5.74) is 6.70. The van der Waals surface area contributed by atoms with Crippen molar-refractivity contribution in [2.45, 2.75) is 37.5 Å². The van der Waals surface area contributed by atoms with Crippen LogP contribution in [0.15, 0.2) is 30.3 Å². The van der Waals surface area contributed by atoms with E-state index in [4.69, 9.17) is 10.8 Å². The van der Waals surface area contributed by atoms with E-state index in [1.807, 2.05) is 6.07 Å². The summed E-state index contributed by atoms with van der Waals surface area (Å²) in [6, 6.07) is 10.6. The van der Waals surface area contributed by atoms with E-state index in [1.165, 1.54) is 24.0 Å². The van der Waals surface area contributed by atoms with Crippen molar-refractivity contribution in [1.82, 2.24) is 9.97 Å². The highest BCUT2D eigenvalue weighted by Gasteiger charge is 2.29. The van der Waals surface area contributed by atoms with Gasteiger partial charge in [-0.05, 0) is 36.8 Å². The summed E-state index contributed by atoms with van der Waals surface area (Å²) >= 11 is 0. The zero-order valence-electron chi connectivity index (χ0n) is 11.3. The zero-order valence-corrected chi connectivity index (χ0v) is 11.3. The Morgan fingerprint density at radius 2 is 1.70 bits per heavy atom. The van der Waals surface area contributed by atoms with Gasteiger partial charge in [-0.1, -0.05) is 24.3 Å². The van der Waals surface area contributed by atoms with Gasteiger partial charge in [0.1, 0.15) is 11.6 Å².